The van der Waals surface area contributed by atoms with Gasteiger partial charge in [0.25, 0.3) is 5.91 Å². The van der Waals surface area contributed by atoms with Crippen LogP contribution in [0.2, 0.25) is 0 Å². The lowest BCUT2D eigenvalue weighted by molar-refractivity contribution is 0.0602. The number of aryl methyl sites for hydroxylation is 1. The molecule has 1 aliphatic rings. The number of carbonyl (C=O) groups excluding carboxylic acids is 1. The van der Waals surface area contributed by atoms with E-state index in [0.717, 1.165) is 60.7 Å². The molecule has 1 atom stereocenters. The van der Waals surface area contributed by atoms with Crippen LogP contribution in [0.5, 0.6) is 5.75 Å². The molecule has 0 bridgehead atoms. The molecule has 134 valence electrons. The van der Waals surface area contributed by atoms with Gasteiger partial charge in [0.15, 0.2) is 0 Å². The predicted octanol–water partition coefficient (Wildman–Crippen LogP) is 4.77. The van der Waals surface area contributed by atoms with Crippen LogP contribution in [-0.4, -0.2) is 28.5 Å². The van der Waals surface area contributed by atoms with Gasteiger partial charge in [-0.15, -0.1) is 0 Å². The molecule has 0 radical (unpaired) electrons. The zero-order chi connectivity index (χ0) is 17.9. The zero-order valence-electron chi connectivity index (χ0n) is 14.7. The van der Waals surface area contributed by atoms with Gasteiger partial charge in [-0.05, 0) is 74.1 Å². The minimum absolute atomic E-state index is 0.105. The van der Waals surface area contributed by atoms with Crippen LogP contribution in [0.1, 0.15) is 41.6 Å². The summed E-state index contributed by atoms with van der Waals surface area (Å²) in [6.45, 7) is 0.812. The first-order valence-electron chi connectivity index (χ1n) is 9.27. The number of benzene rings is 2. The zero-order valence-corrected chi connectivity index (χ0v) is 14.7. The molecule has 1 aromatic heterocycles. The van der Waals surface area contributed by atoms with Crippen LogP contribution in [-0.2, 0) is 6.42 Å². The highest BCUT2D eigenvalue weighted by Gasteiger charge is 2.27. The number of hydrogen-bond acceptors (Lipinski definition) is 3. The first-order chi connectivity index (χ1) is 12.7. The molecule has 1 saturated heterocycles. The molecule has 0 aliphatic carbocycles. The first-order valence-corrected chi connectivity index (χ1v) is 9.27. The van der Waals surface area contributed by atoms with Gasteiger partial charge < -0.3 is 14.4 Å². The summed E-state index contributed by atoms with van der Waals surface area (Å²) in [4.78, 5) is 15.1. The fraction of sp³-hybridized carbons (Fsp3) is 0.318. The summed E-state index contributed by atoms with van der Waals surface area (Å²) in [6, 6.07) is 15.2. The Morgan fingerprint density at radius 3 is 2.96 bits per heavy atom. The SMILES string of the molecule is O=C(c1ccc2occc2c1)N1CCCCC1CCc1cccc(O)c1. The van der Waals surface area contributed by atoms with E-state index in [1.54, 1.807) is 12.3 Å². The fourth-order valence-electron chi connectivity index (χ4n) is 3.88. The third-order valence-corrected chi connectivity index (χ3v) is 5.26. The van der Waals surface area contributed by atoms with E-state index in [-0.39, 0.29) is 11.9 Å². The number of likely N-dealkylation sites (tertiary alicyclic amines) is 1. The Hall–Kier alpha value is -2.75. The summed E-state index contributed by atoms with van der Waals surface area (Å²) in [7, 11) is 0. The molecule has 4 nitrogen and oxygen atoms in total. The lowest BCUT2D eigenvalue weighted by Crippen LogP contribution is -2.44. The quantitative estimate of drug-likeness (QED) is 0.738. The van der Waals surface area contributed by atoms with Crippen molar-refractivity contribution in [2.75, 3.05) is 6.54 Å². The molecule has 1 amide bonds. The second-order valence-corrected chi connectivity index (χ2v) is 7.03. The average Bonchev–Trinajstić information content (AvgIpc) is 3.14. The van der Waals surface area contributed by atoms with Crippen molar-refractivity contribution in [3.63, 3.8) is 0 Å². The number of piperidine rings is 1. The third-order valence-electron chi connectivity index (χ3n) is 5.26. The second-order valence-electron chi connectivity index (χ2n) is 7.03. The van der Waals surface area contributed by atoms with Crippen LogP contribution in [0, 0.1) is 0 Å². The molecule has 4 rings (SSSR count). The van der Waals surface area contributed by atoms with Crippen molar-refractivity contribution in [1.29, 1.82) is 0 Å². The van der Waals surface area contributed by atoms with Gasteiger partial charge in [0, 0.05) is 23.5 Å². The summed E-state index contributed by atoms with van der Waals surface area (Å²) in [5.41, 5.74) is 2.64. The van der Waals surface area contributed by atoms with Crippen molar-refractivity contribution in [2.45, 2.75) is 38.1 Å². The van der Waals surface area contributed by atoms with Gasteiger partial charge in [-0.25, -0.2) is 0 Å². The normalized spacial score (nSPS) is 17.5. The van der Waals surface area contributed by atoms with E-state index >= 15 is 0 Å². The highest BCUT2D eigenvalue weighted by Crippen LogP contribution is 2.25. The Labute approximate surface area is 153 Å². The van der Waals surface area contributed by atoms with Gasteiger partial charge in [0.2, 0.25) is 0 Å². The Balaban J connectivity index is 1.49. The van der Waals surface area contributed by atoms with Gasteiger partial charge in [-0.1, -0.05) is 12.1 Å². The monoisotopic (exact) mass is 349 g/mol. The maximum atomic E-state index is 13.1. The van der Waals surface area contributed by atoms with Crippen molar-refractivity contribution < 1.29 is 14.3 Å². The molecule has 1 unspecified atom stereocenters. The minimum Gasteiger partial charge on any atom is -0.508 e. The van der Waals surface area contributed by atoms with Crippen LogP contribution in [0.15, 0.2) is 59.2 Å². The lowest BCUT2D eigenvalue weighted by atomic mass is 9.95. The molecule has 1 N–H and O–H groups in total. The third kappa shape index (κ3) is 3.45. The minimum atomic E-state index is 0.105. The van der Waals surface area contributed by atoms with E-state index in [9.17, 15) is 9.90 Å². The first kappa shape index (κ1) is 16.7. The van der Waals surface area contributed by atoms with Crippen LogP contribution in [0.3, 0.4) is 0 Å². The van der Waals surface area contributed by atoms with Crippen LogP contribution >= 0.6 is 0 Å². The van der Waals surface area contributed by atoms with E-state index in [1.807, 2.05) is 47.4 Å². The lowest BCUT2D eigenvalue weighted by Gasteiger charge is -2.36. The Bertz CT molecular complexity index is 914. The molecule has 1 aliphatic heterocycles. The molecule has 3 aromatic rings. The number of aromatic hydroxyl groups is 1. The van der Waals surface area contributed by atoms with Crippen molar-refractivity contribution in [3.05, 3.63) is 65.9 Å². The van der Waals surface area contributed by atoms with Crippen LogP contribution < -0.4 is 0 Å². The average molecular weight is 349 g/mol. The number of carbonyl (C=O) groups is 1. The largest absolute Gasteiger partial charge is 0.508 e. The topological polar surface area (TPSA) is 53.7 Å². The van der Waals surface area contributed by atoms with Crippen LogP contribution in [0.4, 0.5) is 0 Å². The number of nitrogens with zero attached hydrogens (tertiary/aromatic N) is 1. The number of rotatable bonds is 4. The highest BCUT2D eigenvalue weighted by atomic mass is 16.3. The molecule has 0 saturated carbocycles. The summed E-state index contributed by atoms with van der Waals surface area (Å²) in [5.74, 6) is 0.404. The molecule has 2 heterocycles. The Morgan fingerprint density at radius 1 is 1.15 bits per heavy atom. The summed E-state index contributed by atoms with van der Waals surface area (Å²) < 4.78 is 5.37. The molecule has 1 fully saturated rings. The van der Waals surface area contributed by atoms with E-state index in [0.29, 0.717) is 5.75 Å². The molecular weight excluding hydrogens is 326 g/mol. The van der Waals surface area contributed by atoms with Crippen LogP contribution in [0.25, 0.3) is 11.0 Å². The molecule has 26 heavy (non-hydrogen) atoms. The van der Waals surface area contributed by atoms with Crippen molar-refractivity contribution >= 4 is 16.9 Å². The summed E-state index contributed by atoms with van der Waals surface area (Å²) in [6.07, 6.45) is 6.70. The standard InChI is InChI=1S/C22H23NO3/c24-20-6-3-4-16(14-20)7-9-19-5-1-2-12-23(19)22(25)18-8-10-21-17(15-18)11-13-26-21/h3-4,6,8,10-11,13-15,19,24H,1-2,5,7,9,12H2. The maximum absolute atomic E-state index is 13.1. The highest BCUT2D eigenvalue weighted by molar-refractivity contribution is 5.98. The number of furan rings is 1. The van der Waals surface area contributed by atoms with Crippen molar-refractivity contribution in [3.8, 4) is 5.75 Å². The summed E-state index contributed by atoms with van der Waals surface area (Å²) in [5, 5.41) is 10.6. The van der Waals surface area contributed by atoms with Crippen molar-refractivity contribution in [1.82, 2.24) is 4.90 Å². The van der Waals surface area contributed by atoms with Gasteiger partial charge >= 0.3 is 0 Å². The van der Waals surface area contributed by atoms with Gasteiger partial charge in [-0.2, -0.15) is 0 Å². The maximum Gasteiger partial charge on any atom is 0.254 e. The van der Waals surface area contributed by atoms with E-state index in [2.05, 4.69) is 0 Å². The molecule has 0 spiro atoms. The number of phenolic OH excluding ortho intramolecular Hbond substituents is 1. The van der Waals surface area contributed by atoms with Crippen molar-refractivity contribution in [2.24, 2.45) is 0 Å². The Kier molecular flexibility index (Phi) is 4.65. The molecule has 4 heteroatoms. The van der Waals surface area contributed by atoms with E-state index in [1.165, 1.54) is 0 Å². The number of hydrogen-bond donors (Lipinski definition) is 1. The van der Waals surface area contributed by atoms with Gasteiger partial charge in [0.05, 0.1) is 6.26 Å². The smallest absolute Gasteiger partial charge is 0.254 e. The second kappa shape index (κ2) is 7.24. The van der Waals surface area contributed by atoms with E-state index < -0.39 is 0 Å². The number of phenols is 1. The summed E-state index contributed by atoms with van der Waals surface area (Å²) >= 11 is 0. The van der Waals surface area contributed by atoms with E-state index in [4.69, 9.17) is 4.42 Å². The Morgan fingerprint density at radius 2 is 2.08 bits per heavy atom. The van der Waals surface area contributed by atoms with Gasteiger partial charge in [-0.3, -0.25) is 4.79 Å². The number of amides is 1. The molecular formula is C22H23NO3. The fourth-order valence-corrected chi connectivity index (χ4v) is 3.88. The van der Waals surface area contributed by atoms with Gasteiger partial charge in [0.1, 0.15) is 11.3 Å². The molecule has 2 aromatic carbocycles. The number of fused-ring (bicyclic) bond motifs is 1. The predicted molar refractivity (Wildman–Crippen MR) is 101 cm³/mol.